The SMILES string of the molecule is C/C=C/COc1c(F)cc(F)cc1S(=O)(=O)Cl. The number of hydrogen-bond acceptors (Lipinski definition) is 3. The van der Waals surface area contributed by atoms with Crippen molar-refractivity contribution in [2.45, 2.75) is 11.8 Å². The van der Waals surface area contributed by atoms with Crippen LogP contribution in [0, 0.1) is 11.6 Å². The predicted octanol–water partition coefficient (Wildman–Crippen LogP) is 2.85. The van der Waals surface area contributed by atoms with Crippen LogP contribution in [0.15, 0.2) is 29.2 Å². The van der Waals surface area contributed by atoms with E-state index in [1.54, 1.807) is 13.0 Å². The van der Waals surface area contributed by atoms with Crippen LogP contribution < -0.4 is 4.74 Å². The lowest BCUT2D eigenvalue weighted by atomic mass is 10.3. The fraction of sp³-hybridized carbons (Fsp3) is 0.200. The highest BCUT2D eigenvalue weighted by Crippen LogP contribution is 2.30. The van der Waals surface area contributed by atoms with Gasteiger partial charge in [0.1, 0.15) is 17.3 Å². The maximum atomic E-state index is 13.4. The van der Waals surface area contributed by atoms with Gasteiger partial charge in [0.2, 0.25) is 0 Å². The summed E-state index contributed by atoms with van der Waals surface area (Å²) in [7, 11) is 0.789. The van der Waals surface area contributed by atoms with E-state index in [-0.39, 0.29) is 6.61 Å². The molecule has 17 heavy (non-hydrogen) atoms. The Kier molecular flexibility index (Phi) is 4.47. The second-order valence-corrected chi connectivity index (χ2v) is 5.57. The fourth-order valence-electron chi connectivity index (χ4n) is 1.09. The molecule has 0 atom stereocenters. The van der Waals surface area contributed by atoms with Crippen molar-refractivity contribution in [3.05, 3.63) is 35.9 Å². The van der Waals surface area contributed by atoms with Gasteiger partial charge >= 0.3 is 0 Å². The Bertz CT molecular complexity index is 541. The average molecular weight is 283 g/mol. The Balaban J connectivity index is 3.26. The molecule has 3 nitrogen and oxygen atoms in total. The van der Waals surface area contributed by atoms with E-state index in [4.69, 9.17) is 15.4 Å². The first-order valence-electron chi connectivity index (χ1n) is 4.54. The number of hydrogen-bond donors (Lipinski definition) is 0. The third-order valence-electron chi connectivity index (χ3n) is 1.80. The summed E-state index contributed by atoms with van der Waals surface area (Å²) in [6, 6.07) is 1.13. The molecule has 1 aromatic carbocycles. The molecule has 0 aliphatic rings. The van der Waals surface area contributed by atoms with E-state index >= 15 is 0 Å². The maximum absolute atomic E-state index is 13.4. The van der Waals surface area contributed by atoms with Gasteiger partial charge in [-0.1, -0.05) is 12.2 Å². The molecule has 0 heterocycles. The molecule has 0 aliphatic heterocycles. The van der Waals surface area contributed by atoms with E-state index in [0.717, 1.165) is 0 Å². The minimum absolute atomic E-state index is 0.0432. The molecule has 7 heteroatoms. The zero-order chi connectivity index (χ0) is 13.1. The van der Waals surface area contributed by atoms with Gasteiger partial charge in [0.15, 0.2) is 11.6 Å². The number of benzene rings is 1. The van der Waals surface area contributed by atoms with Gasteiger partial charge in [0.25, 0.3) is 9.05 Å². The monoisotopic (exact) mass is 282 g/mol. The zero-order valence-electron chi connectivity index (χ0n) is 8.78. The zero-order valence-corrected chi connectivity index (χ0v) is 10.4. The largest absolute Gasteiger partial charge is 0.485 e. The molecule has 0 unspecified atom stereocenters. The van der Waals surface area contributed by atoms with Crippen molar-refractivity contribution in [2.24, 2.45) is 0 Å². The van der Waals surface area contributed by atoms with Crippen LogP contribution in [0.4, 0.5) is 8.78 Å². The van der Waals surface area contributed by atoms with Crippen molar-refractivity contribution in [3.63, 3.8) is 0 Å². The van der Waals surface area contributed by atoms with E-state index in [1.807, 2.05) is 0 Å². The first kappa shape index (κ1) is 13.9. The van der Waals surface area contributed by atoms with Crippen LogP contribution in [-0.4, -0.2) is 15.0 Å². The number of halogens is 3. The summed E-state index contributed by atoms with van der Waals surface area (Å²) in [5.41, 5.74) is 0. The van der Waals surface area contributed by atoms with Crippen molar-refractivity contribution >= 4 is 19.7 Å². The lowest BCUT2D eigenvalue weighted by Gasteiger charge is -2.09. The van der Waals surface area contributed by atoms with Crippen LogP contribution in [0.2, 0.25) is 0 Å². The molecule has 0 saturated heterocycles. The second-order valence-electron chi connectivity index (χ2n) is 3.03. The third kappa shape index (κ3) is 3.67. The highest BCUT2D eigenvalue weighted by molar-refractivity contribution is 8.13. The van der Waals surface area contributed by atoms with E-state index in [2.05, 4.69) is 0 Å². The van der Waals surface area contributed by atoms with Crippen molar-refractivity contribution in [1.82, 2.24) is 0 Å². The van der Waals surface area contributed by atoms with Gasteiger partial charge in [-0.3, -0.25) is 0 Å². The van der Waals surface area contributed by atoms with Crippen LogP contribution in [0.5, 0.6) is 5.75 Å². The van der Waals surface area contributed by atoms with Gasteiger partial charge in [0, 0.05) is 16.7 Å². The number of ether oxygens (including phenoxy) is 1. The minimum Gasteiger partial charge on any atom is -0.485 e. The minimum atomic E-state index is -4.27. The number of rotatable bonds is 4. The van der Waals surface area contributed by atoms with Crippen LogP contribution in [0.25, 0.3) is 0 Å². The first-order valence-corrected chi connectivity index (χ1v) is 6.85. The summed E-state index contributed by atoms with van der Waals surface area (Å²) in [5.74, 6) is -2.74. The predicted molar refractivity (Wildman–Crippen MR) is 59.7 cm³/mol. The first-order chi connectivity index (χ1) is 7.86. The van der Waals surface area contributed by atoms with E-state index in [9.17, 15) is 17.2 Å². The highest BCUT2D eigenvalue weighted by Gasteiger charge is 2.22. The van der Waals surface area contributed by atoms with E-state index < -0.39 is 31.3 Å². The van der Waals surface area contributed by atoms with Crippen molar-refractivity contribution in [3.8, 4) is 5.75 Å². The molecule has 0 saturated carbocycles. The lowest BCUT2D eigenvalue weighted by molar-refractivity contribution is 0.329. The molecule has 0 fully saturated rings. The van der Waals surface area contributed by atoms with Crippen LogP contribution in [0.1, 0.15) is 6.92 Å². The Labute approximate surface area is 102 Å². The Morgan fingerprint density at radius 3 is 2.59 bits per heavy atom. The molecule has 0 amide bonds. The van der Waals surface area contributed by atoms with Crippen LogP contribution in [-0.2, 0) is 9.05 Å². The molecule has 0 aliphatic carbocycles. The van der Waals surface area contributed by atoms with Crippen LogP contribution >= 0.6 is 10.7 Å². The molecule has 0 aromatic heterocycles. The summed E-state index contributed by atoms with van der Waals surface area (Å²) in [6.07, 6.45) is 3.17. The molecule has 0 bridgehead atoms. The smallest absolute Gasteiger partial charge is 0.265 e. The Morgan fingerprint density at radius 1 is 1.41 bits per heavy atom. The molecule has 0 radical (unpaired) electrons. The fourth-order valence-corrected chi connectivity index (χ4v) is 2.06. The van der Waals surface area contributed by atoms with Gasteiger partial charge < -0.3 is 4.74 Å². The van der Waals surface area contributed by atoms with Crippen LogP contribution in [0.3, 0.4) is 0 Å². The summed E-state index contributed by atoms with van der Waals surface area (Å²) < 4.78 is 53.4. The summed E-state index contributed by atoms with van der Waals surface area (Å²) in [6.45, 7) is 1.67. The van der Waals surface area contributed by atoms with Gasteiger partial charge in [-0.25, -0.2) is 17.2 Å². The normalized spacial score (nSPS) is 12.0. The van der Waals surface area contributed by atoms with E-state index in [1.165, 1.54) is 6.08 Å². The summed E-state index contributed by atoms with van der Waals surface area (Å²) in [4.78, 5) is -0.721. The van der Waals surface area contributed by atoms with Gasteiger partial charge in [-0.05, 0) is 13.0 Å². The van der Waals surface area contributed by atoms with Gasteiger partial charge in [-0.2, -0.15) is 0 Å². The molecule has 0 spiro atoms. The lowest BCUT2D eigenvalue weighted by Crippen LogP contribution is -2.03. The third-order valence-corrected chi connectivity index (χ3v) is 3.12. The van der Waals surface area contributed by atoms with Crippen molar-refractivity contribution in [2.75, 3.05) is 6.61 Å². The molecule has 1 aromatic rings. The maximum Gasteiger partial charge on any atom is 0.265 e. The molecular weight excluding hydrogens is 274 g/mol. The van der Waals surface area contributed by atoms with Gasteiger partial charge in [0.05, 0.1) is 0 Å². The molecule has 1 rings (SSSR count). The average Bonchev–Trinajstić information content (AvgIpc) is 2.19. The Hall–Kier alpha value is -1.14. The van der Waals surface area contributed by atoms with Gasteiger partial charge in [-0.15, -0.1) is 0 Å². The summed E-state index contributed by atoms with van der Waals surface area (Å²) >= 11 is 0. The van der Waals surface area contributed by atoms with Crippen molar-refractivity contribution in [1.29, 1.82) is 0 Å². The highest BCUT2D eigenvalue weighted by atomic mass is 35.7. The second kappa shape index (κ2) is 5.46. The molecule has 0 N–H and O–H groups in total. The quantitative estimate of drug-likeness (QED) is 0.630. The molecular formula is C10H9ClF2O3S. The van der Waals surface area contributed by atoms with Crippen molar-refractivity contribution < 1.29 is 21.9 Å². The molecule has 94 valence electrons. The van der Waals surface area contributed by atoms with E-state index in [0.29, 0.717) is 12.1 Å². The summed E-state index contributed by atoms with van der Waals surface area (Å²) in [5, 5.41) is 0. The number of allylic oxidation sites excluding steroid dienone is 1. The topological polar surface area (TPSA) is 43.4 Å². The Morgan fingerprint density at radius 2 is 2.06 bits per heavy atom. The standard InChI is InChI=1S/C10H9ClF2O3S/c1-2-3-4-16-10-8(13)5-7(12)6-9(10)17(11,14)15/h2-3,5-6H,4H2,1H3/b3-2+.